The maximum atomic E-state index is 3.39. The molecular weight excluding hydrogens is 186 g/mol. The van der Waals surface area contributed by atoms with Crippen molar-refractivity contribution in [2.24, 2.45) is 0 Å². The van der Waals surface area contributed by atoms with Crippen LogP contribution in [0.25, 0.3) is 0 Å². The lowest BCUT2D eigenvalue weighted by atomic mass is 9.99. The summed E-state index contributed by atoms with van der Waals surface area (Å²) in [5, 5.41) is 8.61. The molecule has 0 aromatic carbocycles. The first-order valence-electron chi connectivity index (χ1n) is 6.43. The molecule has 0 aromatic heterocycles. The second kappa shape index (κ2) is 4.81. The maximum Gasteiger partial charge on any atom is 0.0288 e. The van der Waals surface area contributed by atoms with Crippen LogP contribution in [0.4, 0.5) is 0 Å². The fourth-order valence-corrected chi connectivity index (χ4v) is 3.15. The molecule has 0 spiro atoms. The molecule has 2 fully saturated rings. The highest BCUT2D eigenvalue weighted by atomic mass is 15.7. The lowest BCUT2D eigenvalue weighted by molar-refractivity contribution is -0.0903. The molecule has 0 bridgehead atoms. The first kappa shape index (κ1) is 11.4. The Balaban J connectivity index is 1.96. The second-order valence-electron chi connectivity index (χ2n) is 5.20. The monoisotopic (exact) mass is 211 g/mol. The van der Waals surface area contributed by atoms with Gasteiger partial charge in [0.05, 0.1) is 0 Å². The normalized spacial score (nSPS) is 39.8. The van der Waals surface area contributed by atoms with E-state index in [9.17, 15) is 0 Å². The van der Waals surface area contributed by atoms with Crippen molar-refractivity contribution in [2.75, 3.05) is 20.1 Å². The highest BCUT2D eigenvalue weighted by molar-refractivity contribution is 4.84. The molecule has 0 radical (unpaired) electrons. The van der Waals surface area contributed by atoms with E-state index in [0.717, 1.165) is 12.1 Å². The minimum Gasteiger partial charge on any atom is -0.316 e. The van der Waals surface area contributed by atoms with Gasteiger partial charge in [-0.1, -0.05) is 6.42 Å². The van der Waals surface area contributed by atoms with Crippen molar-refractivity contribution in [3.8, 4) is 0 Å². The van der Waals surface area contributed by atoms with Crippen LogP contribution in [0.1, 0.15) is 39.5 Å². The van der Waals surface area contributed by atoms with Gasteiger partial charge in [-0.25, -0.2) is 10.0 Å². The molecule has 2 aliphatic heterocycles. The third-order valence-electron chi connectivity index (χ3n) is 4.05. The summed E-state index contributed by atoms with van der Waals surface area (Å²) in [5.41, 5.74) is 0. The first-order valence-corrected chi connectivity index (χ1v) is 6.43. The third kappa shape index (κ3) is 2.35. The summed E-state index contributed by atoms with van der Waals surface area (Å²) in [4.78, 5) is 0. The van der Waals surface area contributed by atoms with Crippen LogP contribution in [-0.4, -0.2) is 48.3 Å². The molecule has 3 atom stereocenters. The van der Waals surface area contributed by atoms with E-state index in [1.54, 1.807) is 0 Å². The predicted molar refractivity (Wildman–Crippen MR) is 63.7 cm³/mol. The predicted octanol–water partition coefficient (Wildman–Crippen LogP) is 1.46. The Morgan fingerprint density at radius 3 is 2.27 bits per heavy atom. The standard InChI is InChI=1S/C12H25N3/c1-10-5-4-6-11(2)15(10)14-8-7-12(9-14)13-3/h10-13H,4-9H2,1-3H3. The number of nitrogens with one attached hydrogen (secondary N) is 1. The Morgan fingerprint density at radius 1 is 1.07 bits per heavy atom. The van der Waals surface area contributed by atoms with Crippen LogP contribution in [0, 0.1) is 0 Å². The van der Waals surface area contributed by atoms with Crippen molar-refractivity contribution < 1.29 is 0 Å². The maximum absolute atomic E-state index is 3.39. The average molecular weight is 211 g/mol. The van der Waals surface area contributed by atoms with Crippen LogP contribution in [0.5, 0.6) is 0 Å². The van der Waals surface area contributed by atoms with Gasteiger partial charge in [-0.2, -0.15) is 0 Å². The van der Waals surface area contributed by atoms with Crippen molar-refractivity contribution in [1.82, 2.24) is 15.3 Å². The Kier molecular flexibility index (Phi) is 3.65. The number of rotatable bonds is 2. The molecule has 0 aromatic rings. The molecule has 2 saturated heterocycles. The van der Waals surface area contributed by atoms with E-state index in [2.05, 4.69) is 36.2 Å². The Bertz CT molecular complexity index is 197. The van der Waals surface area contributed by atoms with E-state index in [1.807, 2.05) is 0 Å². The zero-order valence-electron chi connectivity index (χ0n) is 10.4. The molecule has 3 nitrogen and oxygen atoms in total. The number of hydrogen-bond acceptors (Lipinski definition) is 3. The lowest BCUT2D eigenvalue weighted by Crippen LogP contribution is -2.54. The number of piperidine rings is 1. The van der Waals surface area contributed by atoms with Crippen LogP contribution < -0.4 is 5.32 Å². The summed E-state index contributed by atoms with van der Waals surface area (Å²) in [6, 6.07) is 2.18. The van der Waals surface area contributed by atoms with Crippen molar-refractivity contribution >= 4 is 0 Å². The molecule has 88 valence electrons. The SMILES string of the molecule is CNC1CCN(N2C(C)CCCC2C)C1. The van der Waals surface area contributed by atoms with Gasteiger partial charge in [0, 0.05) is 31.2 Å². The van der Waals surface area contributed by atoms with Crippen LogP contribution >= 0.6 is 0 Å². The van der Waals surface area contributed by atoms with Gasteiger partial charge in [-0.3, -0.25) is 0 Å². The van der Waals surface area contributed by atoms with Gasteiger partial charge < -0.3 is 5.32 Å². The third-order valence-corrected chi connectivity index (χ3v) is 4.05. The summed E-state index contributed by atoms with van der Waals surface area (Å²) in [6.45, 7) is 7.19. The van der Waals surface area contributed by atoms with Gasteiger partial charge in [-0.05, 0) is 40.2 Å². The van der Waals surface area contributed by atoms with Crippen LogP contribution in [-0.2, 0) is 0 Å². The molecule has 0 amide bonds. The molecule has 15 heavy (non-hydrogen) atoms. The molecule has 2 rings (SSSR count). The van der Waals surface area contributed by atoms with Crippen LogP contribution in [0.3, 0.4) is 0 Å². The van der Waals surface area contributed by atoms with Gasteiger partial charge in [0.15, 0.2) is 0 Å². The zero-order valence-corrected chi connectivity index (χ0v) is 10.4. The summed E-state index contributed by atoms with van der Waals surface area (Å²) >= 11 is 0. The number of hydrogen-bond donors (Lipinski definition) is 1. The van der Waals surface area contributed by atoms with Gasteiger partial charge in [0.25, 0.3) is 0 Å². The van der Waals surface area contributed by atoms with Gasteiger partial charge >= 0.3 is 0 Å². The summed E-state index contributed by atoms with van der Waals surface area (Å²) in [7, 11) is 2.08. The van der Waals surface area contributed by atoms with Crippen molar-refractivity contribution in [3.05, 3.63) is 0 Å². The summed E-state index contributed by atoms with van der Waals surface area (Å²) in [5.74, 6) is 0. The average Bonchev–Trinajstić information content (AvgIpc) is 2.66. The number of likely N-dealkylation sites (N-methyl/N-ethyl adjacent to an activating group) is 1. The van der Waals surface area contributed by atoms with Crippen molar-refractivity contribution in [2.45, 2.75) is 57.7 Å². The zero-order chi connectivity index (χ0) is 10.8. The topological polar surface area (TPSA) is 18.5 Å². The van der Waals surface area contributed by atoms with Crippen molar-refractivity contribution in [1.29, 1.82) is 0 Å². The molecule has 0 aliphatic carbocycles. The van der Waals surface area contributed by atoms with Crippen LogP contribution in [0.15, 0.2) is 0 Å². The molecule has 2 heterocycles. The summed E-state index contributed by atoms with van der Waals surface area (Å²) < 4.78 is 0. The molecule has 0 saturated carbocycles. The van der Waals surface area contributed by atoms with E-state index in [4.69, 9.17) is 0 Å². The van der Waals surface area contributed by atoms with E-state index in [1.165, 1.54) is 38.8 Å². The first-order chi connectivity index (χ1) is 7.22. The largest absolute Gasteiger partial charge is 0.316 e. The Hall–Kier alpha value is -0.120. The molecule has 3 unspecified atom stereocenters. The van der Waals surface area contributed by atoms with Crippen molar-refractivity contribution in [3.63, 3.8) is 0 Å². The minimum atomic E-state index is 0.700. The highest BCUT2D eigenvalue weighted by Crippen LogP contribution is 2.26. The van der Waals surface area contributed by atoms with Gasteiger partial charge in [0.1, 0.15) is 0 Å². The van der Waals surface area contributed by atoms with E-state index in [-0.39, 0.29) is 0 Å². The molecule has 2 aliphatic rings. The van der Waals surface area contributed by atoms with Gasteiger partial charge in [-0.15, -0.1) is 0 Å². The fraction of sp³-hybridized carbons (Fsp3) is 1.00. The Morgan fingerprint density at radius 2 is 1.73 bits per heavy atom. The number of hydrazine groups is 1. The van der Waals surface area contributed by atoms with E-state index >= 15 is 0 Å². The summed E-state index contributed by atoms with van der Waals surface area (Å²) in [6.07, 6.45) is 5.44. The smallest absolute Gasteiger partial charge is 0.0288 e. The minimum absolute atomic E-state index is 0.700. The Labute approximate surface area is 93.8 Å². The van der Waals surface area contributed by atoms with Crippen LogP contribution in [0.2, 0.25) is 0 Å². The van der Waals surface area contributed by atoms with E-state index in [0.29, 0.717) is 6.04 Å². The second-order valence-corrected chi connectivity index (χ2v) is 5.20. The fourth-order valence-electron chi connectivity index (χ4n) is 3.15. The quantitative estimate of drug-likeness (QED) is 0.746. The highest BCUT2D eigenvalue weighted by Gasteiger charge is 2.33. The number of nitrogens with zero attached hydrogens (tertiary/aromatic N) is 2. The molecule has 3 heteroatoms. The van der Waals surface area contributed by atoms with E-state index < -0.39 is 0 Å². The molecule has 1 N–H and O–H groups in total. The lowest BCUT2D eigenvalue weighted by Gasteiger charge is -2.44. The molecular formula is C12H25N3. The van der Waals surface area contributed by atoms with Gasteiger partial charge in [0.2, 0.25) is 0 Å².